The zero-order valence-electron chi connectivity index (χ0n) is 12.7. The maximum Gasteiger partial charge on any atom is 0.266 e. The van der Waals surface area contributed by atoms with Gasteiger partial charge in [-0.05, 0) is 6.07 Å². The summed E-state index contributed by atoms with van der Waals surface area (Å²) in [7, 11) is 0. The molecule has 0 saturated carbocycles. The molecule has 1 saturated heterocycles. The number of carbonyl (C=O) groups is 2. The first-order valence-electron chi connectivity index (χ1n) is 6.92. The molecule has 10 heteroatoms. The Morgan fingerprint density at radius 3 is 2.71 bits per heavy atom. The van der Waals surface area contributed by atoms with Gasteiger partial charge in [0.15, 0.2) is 5.69 Å². The monoisotopic (exact) mass is 336 g/mol. The number of nitrogens with one attached hydrogen (secondary N) is 1. The van der Waals surface area contributed by atoms with E-state index >= 15 is 0 Å². The Hall–Kier alpha value is -3.09. The standard InChI is InChI=1S/C14H14F2N6O2/c1-8(23)19-13(24)9(5-17)10-4-12(11(6-18)21-20-10)22-3-2-14(15,16)7-22/h4-5H,2-3,7,17H2,1H3,(H,19,23,24)/b9-5-. The number of rotatable bonds is 3. The highest BCUT2D eigenvalue weighted by molar-refractivity contribution is 6.23. The fraction of sp³-hybridized carbons (Fsp3) is 0.357. The number of imide groups is 1. The lowest BCUT2D eigenvalue weighted by atomic mass is 10.1. The molecule has 0 aliphatic carbocycles. The van der Waals surface area contributed by atoms with Crippen LogP contribution in [0.3, 0.4) is 0 Å². The summed E-state index contributed by atoms with van der Waals surface area (Å²) in [5, 5.41) is 18.5. The van der Waals surface area contributed by atoms with Crippen LogP contribution in [0.2, 0.25) is 0 Å². The van der Waals surface area contributed by atoms with E-state index in [1.807, 2.05) is 5.32 Å². The number of halogens is 2. The maximum atomic E-state index is 13.4. The van der Waals surface area contributed by atoms with Crippen molar-refractivity contribution < 1.29 is 18.4 Å². The van der Waals surface area contributed by atoms with E-state index in [1.165, 1.54) is 11.0 Å². The molecule has 1 aliphatic heterocycles. The predicted octanol–water partition coefficient (Wildman–Crippen LogP) is 0.156. The van der Waals surface area contributed by atoms with Crippen LogP contribution in [-0.2, 0) is 9.59 Å². The molecule has 24 heavy (non-hydrogen) atoms. The van der Waals surface area contributed by atoms with Crippen molar-refractivity contribution in [3.05, 3.63) is 23.7 Å². The minimum absolute atomic E-state index is 0.0273. The maximum absolute atomic E-state index is 13.4. The van der Waals surface area contributed by atoms with Gasteiger partial charge in [0.25, 0.3) is 11.8 Å². The number of aromatic nitrogens is 2. The second-order valence-corrected chi connectivity index (χ2v) is 5.19. The van der Waals surface area contributed by atoms with Crippen molar-refractivity contribution >= 4 is 23.1 Å². The highest BCUT2D eigenvalue weighted by Gasteiger charge is 2.39. The molecule has 0 unspecified atom stereocenters. The smallest absolute Gasteiger partial charge is 0.266 e. The van der Waals surface area contributed by atoms with Gasteiger partial charge in [-0.25, -0.2) is 8.78 Å². The summed E-state index contributed by atoms with van der Waals surface area (Å²) in [6.07, 6.45) is 0.580. The van der Waals surface area contributed by atoms with E-state index in [2.05, 4.69) is 10.2 Å². The second kappa shape index (κ2) is 6.57. The Bertz CT molecular complexity index is 756. The van der Waals surface area contributed by atoms with Crippen LogP contribution >= 0.6 is 0 Å². The average molecular weight is 336 g/mol. The van der Waals surface area contributed by atoms with Crippen molar-refractivity contribution in [2.24, 2.45) is 5.73 Å². The van der Waals surface area contributed by atoms with Crippen LogP contribution in [0.1, 0.15) is 24.7 Å². The number of nitrogens with zero attached hydrogens (tertiary/aromatic N) is 4. The number of hydrogen-bond donors (Lipinski definition) is 2. The van der Waals surface area contributed by atoms with Gasteiger partial charge in [0.05, 0.1) is 17.8 Å². The van der Waals surface area contributed by atoms with Gasteiger partial charge < -0.3 is 10.6 Å². The zero-order valence-corrected chi connectivity index (χ0v) is 12.7. The normalized spacial score (nSPS) is 16.6. The summed E-state index contributed by atoms with van der Waals surface area (Å²) in [6, 6.07) is 3.06. The van der Waals surface area contributed by atoms with Crippen LogP contribution in [-0.4, -0.2) is 41.0 Å². The minimum atomic E-state index is -2.87. The van der Waals surface area contributed by atoms with Crippen LogP contribution in [0, 0.1) is 11.3 Å². The molecule has 8 nitrogen and oxygen atoms in total. The first kappa shape index (κ1) is 17.3. The lowest BCUT2D eigenvalue weighted by Gasteiger charge is -2.19. The Labute approximate surface area is 135 Å². The summed E-state index contributed by atoms with van der Waals surface area (Å²) in [5.41, 5.74) is 5.21. The molecular formula is C14H14F2N6O2. The largest absolute Gasteiger partial charge is 0.404 e. The summed E-state index contributed by atoms with van der Waals surface area (Å²) in [4.78, 5) is 24.2. The van der Waals surface area contributed by atoms with Gasteiger partial charge in [0, 0.05) is 26.1 Å². The van der Waals surface area contributed by atoms with Crippen molar-refractivity contribution in [2.75, 3.05) is 18.0 Å². The number of carbonyl (C=O) groups excluding carboxylic acids is 2. The van der Waals surface area contributed by atoms with Crippen molar-refractivity contribution in [3.63, 3.8) is 0 Å². The number of alkyl halides is 2. The van der Waals surface area contributed by atoms with Crippen molar-refractivity contribution in [1.82, 2.24) is 15.5 Å². The van der Waals surface area contributed by atoms with Gasteiger partial charge in [-0.15, -0.1) is 10.2 Å². The highest BCUT2D eigenvalue weighted by atomic mass is 19.3. The number of nitrogens with two attached hydrogens (primary N) is 1. The molecule has 1 aromatic heterocycles. The van der Waals surface area contributed by atoms with Crippen molar-refractivity contribution in [2.45, 2.75) is 19.3 Å². The van der Waals surface area contributed by atoms with Crippen LogP contribution in [0.25, 0.3) is 5.57 Å². The number of anilines is 1. The molecule has 2 heterocycles. The fourth-order valence-corrected chi connectivity index (χ4v) is 2.28. The summed E-state index contributed by atoms with van der Waals surface area (Å²) < 4.78 is 26.8. The fourth-order valence-electron chi connectivity index (χ4n) is 2.28. The lowest BCUT2D eigenvalue weighted by molar-refractivity contribution is -0.126. The predicted molar refractivity (Wildman–Crippen MR) is 79.5 cm³/mol. The third-order valence-electron chi connectivity index (χ3n) is 3.37. The molecule has 2 amide bonds. The number of amides is 2. The van der Waals surface area contributed by atoms with E-state index in [-0.39, 0.29) is 35.6 Å². The number of nitriles is 1. The van der Waals surface area contributed by atoms with Crippen LogP contribution in [0.15, 0.2) is 12.3 Å². The topological polar surface area (TPSA) is 125 Å². The highest BCUT2D eigenvalue weighted by Crippen LogP contribution is 2.32. The van der Waals surface area contributed by atoms with Crippen molar-refractivity contribution in [1.29, 1.82) is 5.26 Å². The quantitative estimate of drug-likeness (QED) is 0.753. The van der Waals surface area contributed by atoms with Gasteiger partial charge in [-0.1, -0.05) is 0 Å². The van der Waals surface area contributed by atoms with E-state index in [4.69, 9.17) is 11.0 Å². The summed E-state index contributed by atoms with van der Waals surface area (Å²) in [6.45, 7) is 0.622. The molecule has 0 aromatic carbocycles. The molecular weight excluding hydrogens is 322 g/mol. The third kappa shape index (κ3) is 3.62. The van der Waals surface area contributed by atoms with E-state index in [0.29, 0.717) is 0 Å². The Kier molecular flexibility index (Phi) is 4.73. The van der Waals surface area contributed by atoms with Gasteiger partial charge in [-0.3, -0.25) is 14.9 Å². The SMILES string of the molecule is CC(=O)NC(=O)/C(=C\N)c1cc(N2CCC(F)(F)C2)c(C#N)nn1. The molecule has 0 radical (unpaired) electrons. The van der Waals surface area contributed by atoms with Gasteiger partial charge in [0.2, 0.25) is 5.91 Å². The molecule has 1 fully saturated rings. The van der Waals surface area contributed by atoms with E-state index in [9.17, 15) is 18.4 Å². The van der Waals surface area contributed by atoms with Crippen LogP contribution in [0.5, 0.6) is 0 Å². The summed E-state index contributed by atoms with van der Waals surface area (Å²) >= 11 is 0. The van der Waals surface area contributed by atoms with Gasteiger partial charge in [0.1, 0.15) is 11.8 Å². The molecule has 0 bridgehead atoms. The van der Waals surface area contributed by atoms with Crippen LogP contribution < -0.4 is 16.0 Å². The van der Waals surface area contributed by atoms with Crippen molar-refractivity contribution in [3.8, 4) is 6.07 Å². The molecule has 1 aromatic rings. The van der Waals surface area contributed by atoms with Gasteiger partial charge >= 0.3 is 0 Å². The third-order valence-corrected chi connectivity index (χ3v) is 3.37. The second-order valence-electron chi connectivity index (χ2n) is 5.19. The number of hydrogen-bond acceptors (Lipinski definition) is 7. The molecule has 2 rings (SSSR count). The Morgan fingerprint density at radius 2 is 2.21 bits per heavy atom. The lowest BCUT2D eigenvalue weighted by Crippen LogP contribution is -2.30. The molecule has 0 spiro atoms. The molecule has 1 aliphatic rings. The molecule has 0 atom stereocenters. The Balaban J connectivity index is 2.40. The van der Waals surface area contributed by atoms with Gasteiger partial charge in [-0.2, -0.15) is 5.26 Å². The van der Waals surface area contributed by atoms with Crippen LogP contribution in [0.4, 0.5) is 14.5 Å². The van der Waals surface area contributed by atoms with E-state index in [1.54, 1.807) is 6.07 Å². The first-order valence-corrected chi connectivity index (χ1v) is 6.92. The Morgan fingerprint density at radius 1 is 1.50 bits per heavy atom. The summed E-state index contributed by atoms with van der Waals surface area (Å²) in [5.74, 6) is -4.27. The zero-order chi connectivity index (χ0) is 17.9. The first-order chi connectivity index (χ1) is 11.3. The minimum Gasteiger partial charge on any atom is -0.404 e. The van der Waals surface area contributed by atoms with E-state index in [0.717, 1.165) is 13.1 Å². The van der Waals surface area contributed by atoms with E-state index < -0.39 is 24.3 Å². The molecule has 126 valence electrons. The molecule has 3 N–H and O–H groups in total. The average Bonchev–Trinajstić information content (AvgIpc) is 2.87.